The number of fused-ring (bicyclic) bond motifs is 1. The van der Waals surface area contributed by atoms with Crippen LogP contribution in [-0.4, -0.2) is 30.8 Å². The summed E-state index contributed by atoms with van der Waals surface area (Å²) in [5, 5.41) is 7.37. The van der Waals surface area contributed by atoms with Gasteiger partial charge in [-0.3, -0.25) is 25.3 Å². The highest BCUT2D eigenvalue weighted by atomic mass is 32.1. The van der Waals surface area contributed by atoms with Gasteiger partial charge in [0.2, 0.25) is 5.91 Å². The molecule has 0 saturated heterocycles. The van der Waals surface area contributed by atoms with Gasteiger partial charge >= 0.3 is 0 Å². The molecule has 9 heteroatoms. The van der Waals surface area contributed by atoms with E-state index in [4.69, 9.17) is 12.2 Å². The first-order chi connectivity index (χ1) is 12.4. The number of carbonyl (C=O) groups excluding carboxylic acids is 1. The number of hydrazine groups is 1. The summed E-state index contributed by atoms with van der Waals surface area (Å²) in [6, 6.07) is 5.58. The topological polar surface area (TPSA) is 96.8 Å². The molecule has 0 atom stereocenters. The van der Waals surface area contributed by atoms with E-state index in [0.29, 0.717) is 5.82 Å². The molecule has 0 unspecified atom stereocenters. The lowest BCUT2D eigenvalue weighted by Crippen LogP contribution is -2.45. The van der Waals surface area contributed by atoms with Crippen molar-refractivity contribution in [2.75, 3.05) is 5.32 Å². The van der Waals surface area contributed by atoms with Gasteiger partial charge in [-0.2, -0.15) is 5.10 Å². The van der Waals surface area contributed by atoms with Crippen molar-refractivity contribution in [2.24, 2.45) is 13.0 Å². The smallest absolute Gasteiger partial charge is 0.240 e. The molecule has 3 aromatic heterocycles. The van der Waals surface area contributed by atoms with E-state index in [9.17, 15) is 4.79 Å². The van der Waals surface area contributed by atoms with E-state index in [1.165, 1.54) is 0 Å². The van der Waals surface area contributed by atoms with E-state index in [1.54, 1.807) is 37.0 Å². The monoisotopic (exact) mass is 369 g/mol. The molecule has 134 valence electrons. The zero-order chi connectivity index (χ0) is 18.7. The molecular formula is C17H19N7OS. The Bertz CT molecular complexity index is 967. The largest absolute Gasteiger partial charge is 0.316 e. The molecule has 0 radical (unpaired) electrons. The van der Waals surface area contributed by atoms with Crippen molar-refractivity contribution in [1.29, 1.82) is 0 Å². The molecule has 0 saturated carbocycles. The maximum atomic E-state index is 11.6. The number of hydrogen-bond acceptors (Lipinski definition) is 5. The Morgan fingerprint density at radius 3 is 2.65 bits per heavy atom. The van der Waals surface area contributed by atoms with E-state index in [2.05, 4.69) is 31.2 Å². The van der Waals surface area contributed by atoms with Crippen molar-refractivity contribution < 1.29 is 4.79 Å². The number of anilines is 1. The van der Waals surface area contributed by atoms with Gasteiger partial charge in [-0.1, -0.05) is 13.8 Å². The molecule has 3 aromatic rings. The zero-order valence-electron chi connectivity index (χ0n) is 14.6. The van der Waals surface area contributed by atoms with Crippen LogP contribution in [0.3, 0.4) is 0 Å². The molecular weight excluding hydrogens is 350 g/mol. The number of pyridine rings is 2. The Balaban J connectivity index is 1.75. The van der Waals surface area contributed by atoms with Crippen LogP contribution in [0.4, 0.5) is 5.82 Å². The average Bonchev–Trinajstić information content (AvgIpc) is 3.05. The lowest BCUT2D eigenvalue weighted by molar-refractivity contribution is -0.124. The second-order valence-corrected chi connectivity index (χ2v) is 6.49. The Labute approximate surface area is 156 Å². The molecule has 3 rings (SSSR count). The fraction of sp³-hybridized carbons (Fsp3) is 0.235. The maximum Gasteiger partial charge on any atom is 0.240 e. The van der Waals surface area contributed by atoms with Crippen LogP contribution in [0.25, 0.3) is 22.2 Å². The molecule has 0 aliphatic carbocycles. The highest BCUT2D eigenvalue weighted by molar-refractivity contribution is 7.80. The number of hydrogen-bond donors (Lipinski definition) is 3. The highest BCUT2D eigenvalue weighted by Crippen LogP contribution is 2.22. The van der Waals surface area contributed by atoms with Gasteiger partial charge in [0, 0.05) is 36.5 Å². The summed E-state index contributed by atoms with van der Waals surface area (Å²) in [4.78, 5) is 20.5. The van der Waals surface area contributed by atoms with Gasteiger partial charge in [-0.15, -0.1) is 0 Å². The summed E-state index contributed by atoms with van der Waals surface area (Å²) in [6.45, 7) is 3.59. The molecule has 0 spiro atoms. The third kappa shape index (κ3) is 4.12. The van der Waals surface area contributed by atoms with E-state index in [-0.39, 0.29) is 16.9 Å². The molecule has 0 aliphatic heterocycles. The SMILES string of the molecule is CC(C)C(=O)NNC(=S)Nc1ccc2ncc(-c3cnn(C)c3)cc2n1. The van der Waals surface area contributed by atoms with E-state index >= 15 is 0 Å². The summed E-state index contributed by atoms with van der Waals surface area (Å²) in [5.41, 5.74) is 8.58. The van der Waals surface area contributed by atoms with Crippen LogP contribution < -0.4 is 16.2 Å². The number of nitrogens with zero attached hydrogens (tertiary/aromatic N) is 4. The van der Waals surface area contributed by atoms with Crippen molar-refractivity contribution in [3.63, 3.8) is 0 Å². The summed E-state index contributed by atoms with van der Waals surface area (Å²) in [7, 11) is 1.87. The minimum Gasteiger partial charge on any atom is -0.316 e. The Morgan fingerprint density at radius 1 is 1.15 bits per heavy atom. The summed E-state index contributed by atoms with van der Waals surface area (Å²) >= 11 is 5.17. The Kier molecular flexibility index (Phi) is 5.08. The molecule has 26 heavy (non-hydrogen) atoms. The fourth-order valence-electron chi connectivity index (χ4n) is 2.21. The molecule has 0 aromatic carbocycles. The quantitative estimate of drug-likeness (QED) is 0.480. The van der Waals surface area contributed by atoms with Crippen molar-refractivity contribution in [3.8, 4) is 11.1 Å². The van der Waals surface area contributed by atoms with Crippen molar-refractivity contribution in [3.05, 3.63) is 36.8 Å². The number of aromatic nitrogens is 4. The van der Waals surface area contributed by atoms with Gasteiger partial charge in [0.05, 0.1) is 17.2 Å². The molecule has 3 N–H and O–H groups in total. The molecule has 3 heterocycles. The van der Waals surface area contributed by atoms with Crippen LogP contribution >= 0.6 is 12.2 Å². The van der Waals surface area contributed by atoms with Gasteiger partial charge < -0.3 is 5.32 Å². The number of nitrogens with one attached hydrogen (secondary N) is 3. The Hall–Kier alpha value is -3.07. The minimum absolute atomic E-state index is 0.138. The highest BCUT2D eigenvalue weighted by Gasteiger charge is 2.08. The van der Waals surface area contributed by atoms with Crippen LogP contribution in [0.2, 0.25) is 0 Å². The van der Waals surface area contributed by atoms with Crippen molar-refractivity contribution >= 4 is 40.1 Å². The van der Waals surface area contributed by atoms with Gasteiger partial charge in [0.1, 0.15) is 5.82 Å². The second kappa shape index (κ2) is 7.44. The first-order valence-corrected chi connectivity index (χ1v) is 8.46. The summed E-state index contributed by atoms with van der Waals surface area (Å²) < 4.78 is 1.74. The fourth-order valence-corrected chi connectivity index (χ4v) is 2.37. The summed E-state index contributed by atoms with van der Waals surface area (Å²) in [5.74, 6) is 0.269. The average molecular weight is 369 g/mol. The third-order valence-electron chi connectivity index (χ3n) is 3.64. The lowest BCUT2D eigenvalue weighted by atomic mass is 10.1. The van der Waals surface area contributed by atoms with E-state index in [0.717, 1.165) is 22.2 Å². The van der Waals surface area contributed by atoms with Crippen LogP contribution in [0.5, 0.6) is 0 Å². The molecule has 0 bridgehead atoms. The molecule has 0 aliphatic rings. The number of rotatable bonds is 3. The summed E-state index contributed by atoms with van der Waals surface area (Å²) in [6.07, 6.45) is 5.49. The van der Waals surface area contributed by atoms with Crippen molar-refractivity contribution in [1.82, 2.24) is 30.6 Å². The maximum absolute atomic E-state index is 11.6. The zero-order valence-corrected chi connectivity index (χ0v) is 15.5. The van der Waals surface area contributed by atoms with Gasteiger partial charge in [0.25, 0.3) is 0 Å². The third-order valence-corrected chi connectivity index (χ3v) is 3.84. The van der Waals surface area contributed by atoms with Gasteiger partial charge in [0.15, 0.2) is 5.11 Å². The molecule has 0 fully saturated rings. The van der Waals surface area contributed by atoms with Crippen molar-refractivity contribution in [2.45, 2.75) is 13.8 Å². The van der Waals surface area contributed by atoms with Crippen LogP contribution in [0.15, 0.2) is 36.8 Å². The molecule has 8 nitrogen and oxygen atoms in total. The standard InChI is InChI=1S/C17H19N7OS/c1-10(2)16(25)22-23-17(26)21-15-5-4-13-14(20-15)6-11(7-18-13)12-8-19-24(3)9-12/h4-10H,1-3H3,(H,22,25)(H2,20,21,23,26). The number of aryl methyl sites for hydroxylation is 1. The van der Waals surface area contributed by atoms with Gasteiger partial charge in [-0.25, -0.2) is 4.98 Å². The van der Waals surface area contributed by atoms with Crippen LogP contribution in [-0.2, 0) is 11.8 Å². The normalized spacial score (nSPS) is 10.8. The number of carbonyl (C=O) groups is 1. The van der Waals surface area contributed by atoms with Gasteiger partial charge in [-0.05, 0) is 30.4 Å². The molecule has 1 amide bonds. The number of thiocarbonyl (C=S) groups is 1. The number of amides is 1. The predicted octanol–water partition coefficient (Wildman–Crippen LogP) is 2.00. The van der Waals surface area contributed by atoms with Crippen LogP contribution in [0, 0.1) is 5.92 Å². The predicted molar refractivity (Wildman–Crippen MR) is 104 cm³/mol. The van der Waals surface area contributed by atoms with E-state index < -0.39 is 0 Å². The minimum atomic E-state index is -0.147. The van der Waals surface area contributed by atoms with Crippen LogP contribution in [0.1, 0.15) is 13.8 Å². The lowest BCUT2D eigenvalue weighted by Gasteiger charge is -2.12. The first kappa shape index (κ1) is 17.7. The second-order valence-electron chi connectivity index (χ2n) is 6.08. The van der Waals surface area contributed by atoms with E-state index in [1.807, 2.05) is 25.4 Å². The Morgan fingerprint density at radius 2 is 1.96 bits per heavy atom. The first-order valence-electron chi connectivity index (χ1n) is 8.05.